The van der Waals surface area contributed by atoms with E-state index in [4.69, 9.17) is 9.97 Å². The van der Waals surface area contributed by atoms with Crippen LogP contribution in [0.1, 0.15) is 18.9 Å². The molecule has 6 rings (SSSR count). The SMILES string of the molecule is CN1CCN(c2ccc(Nc3ncc4nc(Nc5ccccc5)n([C@H]5CCCNC5)c4n3)cc2)CC1. The highest BCUT2D eigenvalue weighted by Gasteiger charge is 2.23. The van der Waals surface area contributed by atoms with Gasteiger partial charge in [0, 0.05) is 49.8 Å². The number of nitrogens with zero attached hydrogens (tertiary/aromatic N) is 6. The Kier molecular flexibility index (Phi) is 6.40. The third-order valence-electron chi connectivity index (χ3n) is 7.09. The molecule has 0 aliphatic carbocycles. The molecule has 9 heteroatoms. The predicted molar refractivity (Wildman–Crippen MR) is 146 cm³/mol. The van der Waals surface area contributed by atoms with E-state index in [9.17, 15) is 0 Å². The Labute approximate surface area is 211 Å². The van der Waals surface area contributed by atoms with Gasteiger partial charge in [-0.2, -0.15) is 4.98 Å². The molecule has 0 bridgehead atoms. The molecular formula is C27H33N9. The van der Waals surface area contributed by atoms with Crippen molar-refractivity contribution >= 4 is 40.1 Å². The minimum Gasteiger partial charge on any atom is -0.369 e. The van der Waals surface area contributed by atoms with Crippen LogP contribution in [0.2, 0.25) is 0 Å². The van der Waals surface area contributed by atoms with Crippen molar-refractivity contribution in [1.82, 2.24) is 29.7 Å². The van der Waals surface area contributed by atoms with Gasteiger partial charge in [-0.3, -0.25) is 4.57 Å². The van der Waals surface area contributed by atoms with Gasteiger partial charge in [-0.25, -0.2) is 9.97 Å². The second-order valence-electron chi connectivity index (χ2n) is 9.66. The number of piperazine rings is 1. The third kappa shape index (κ3) is 4.84. The molecule has 2 aromatic heterocycles. The van der Waals surface area contributed by atoms with E-state index >= 15 is 0 Å². The molecule has 0 radical (unpaired) electrons. The topological polar surface area (TPSA) is 86.2 Å². The van der Waals surface area contributed by atoms with Crippen molar-refractivity contribution < 1.29 is 0 Å². The molecular weight excluding hydrogens is 450 g/mol. The molecule has 4 aromatic rings. The molecule has 2 aromatic carbocycles. The van der Waals surface area contributed by atoms with Crippen molar-refractivity contribution in [2.75, 3.05) is 61.8 Å². The minimum atomic E-state index is 0.278. The molecule has 0 amide bonds. The quantitative estimate of drug-likeness (QED) is 0.380. The van der Waals surface area contributed by atoms with E-state index in [1.807, 2.05) is 36.5 Å². The van der Waals surface area contributed by atoms with E-state index in [2.05, 4.69) is 66.6 Å². The van der Waals surface area contributed by atoms with Crippen molar-refractivity contribution in [2.24, 2.45) is 0 Å². The molecule has 2 aliphatic heterocycles. The lowest BCUT2D eigenvalue weighted by Gasteiger charge is -2.34. The number of anilines is 5. The Morgan fingerprint density at radius 1 is 0.889 bits per heavy atom. The summed E-state index contributed by atoms with van der Waals surface area (Å²) in [6, 6.07) is 19.0. The highest BCUT2D eigenvalue weighted by Crippen LogP contribution is 2.30. The summed E-state index contributed by atoms with van der Waals surface area (Å²) in [6.45, 7) is 6.26. The van der Waals surface area contributed by atoms with Gasteiger partial charge in [0.1, 0.15) is 5.52 Å². The van der Waals surface area contributed by atoms with Gasteiger partial charge in [0.15, 0.2) is 5.65 Å². The van der Waals surface area contributed by atoms with Crippen molar-refractivity contribution in [3.05, 3.63) is 60.8 Å². The van der Waals surface area contributed by atoms with E-state index in [-0.39, 0.29) is 6.04 Å². The fourth-order valence-corrected chi connectivity index (χ4v) is 5.04. The average molecular weight is 484 g/mol. The first-order valence-electron chi connectivity index (χ1n) is 12.8. The van der Waals surface area contributed by atoms with Gasteiger partial charge >= 0.3 is 0 Å². The lowest BCUT2D eigenvalue weighted by molar-refractivity contribution is 0.313. The largest absolute Gasteiger partial charge is 0.369 e. The van der Waals surface area contributed by atoms with Crippen LogP contribution in [0.4, 0.5) is 29.0 Å². The van der Waals surface area contributed by atoms with Crippen molar-refractivity contribution in [3.63, 3.8) is 0 Å². The van der Waals surface area contributed by atoms with Crippen LogP contribution in [-0.4, -0.2) is 70.7 Å². The molecule has 0 unspecified atom stereocenters. The van der Waals surface area contributed by atoms with Gasteiger partial charge in [-0.1, -0.05) is 18.2 Å². The van der Waals surface area contributed by atoms with Crippen LogP contribution in [-0.2, 0) is 0 Å². The van der Waals surface area contributed by atoms with Crippen LogP contribution >= 0.6 is 0 Å². The fourth-order valence-electron chi connectivity index (χ4n) is 5.04. The van der Waals surface area contributed by atoms with E-state index in [0.29, 0.717) is 5.95 Å². The molecule has 2 saturated heterocycles. The summed E-state index contributed by atoms with van der Waals surface area (Å²) >= 11 is 0. The van der Waals surface area contributed by atoms with Gasteiger partial charge in [-0.15, -0.1) is 0 Å². The highest BCUT2D eigenvalue weighted by atomic mass is 15.3. The molecule has 9 nitrogen and oxygen atoms in total. The predicted octanol–water partition coefficient (Wildman–Crippen LogP) is 3.99. The first kappa shape index (κ1) is 22.8. The smallest absolute Gasteiger partial charge is 0.229 e. The number of likely N-dealkylation sites (N-methyl/N-ethyl adjacent to an activating group) is 1. The van der Waals surface area contributed by atoms with E-state index in [1.54, 1.807) is 0 Å². The zero-order valence-corrected chi connectivity index (χ0v) is 20.7. The summed E-state index contributed by atoms with van der Waals surface area (Å²) in [5, 5.41) is 10.4. The Morgan fingerprint density at radius 2 is 1.67 bits per heavy atom. The van der Waals surface area contributed by atoms with Crippen molar-refractivity contribution in [1.29, 1.82) is 0 Å². The molecule has 0 saturated carbocycles. The number of rotatable bonds is 6. The number of piperidine rings is 1. The van der Waals surface area contributed by atoms with Gasteiger partial charge in [-0.05, 0) is 62.8 Å². The normalized spacial score (nSPS) is 18.9. The standard InChI is InChI=1S/C27H33N9/c1-34-14-16-35(17-15-34)22-11-9-21(10-12-22)30-26-29-19-24-25(33-26)36(23-8-5-13-28-18-23)27(32-24)31-20-6-3-2-4-7-20/h2-4,6-7,9-12,19,23,28H,5,8,13-18H2,1H3,(H,31,32)(H,29,30,33)/t23-/m0/s1. The summed E-state index contributed by atoms with van der Waals surface area (Å²) in [7, 11) is 2.18. The van der Waals surface area contributed by atoms with E-state index in [0.717, 1.165) is 80.6 Å². The third-order valence-corrected chi connectivity index (χ3v) is 7.09. The Morgan fingerprint density at radius 3 is 2.42 bits per heavy atom. The van der Waals surface area contributed by atoms with Gasteiger partial charge in [0.05, 0.1) is 12.2 Å². The summed E-state index contributed by atoms with van der Waals surface area (Å²) in [6.07, 6.45) is 4.03. The Balaban J connectivity index is 1.27. The maximum atomic E-state index is 4.92. The van der Waals surface area contributed by atoms with E-state index < -0.39 is 0 Å². The molecule has 36 heavy (non-hydrogen) atoms. The lowest BCUT2D eigenvalue weighted by atomic mass is 10.1. The molecule has 186 valence electrons. The van der Waals surface area contributed by atoms with Gasteiger partial charge in [0.2, 0.25) is 11.9 Å². The van der Waals surface area contributed by atoms with Crippen LogP contribution in [0, 0.1) is 0 Å². The summed E-state index contributed by atoms with van der Waals surface area (Å²) in [5.41, 5.74) is 4.86. The van der Waals surface area contributed by atoms with Gasteiger partial charge < -0.3 is 25.8 Å². The van der Waals surface area contributed by atoms with Crippen molar-refractivity contribution in [3.8, 4) is 0 Å². The maximum absolute atomic E-state index is 4.92. The van der Waals surface area contributed by atoms with Crippen molar-refractivity contribution in [2.45, 2.75) is 18.9 Å². The average Bonchev–Trinajstić information content (AvgIpc) is 3.28. The monoisotopic (exact) mass is 483 g/mol. The fraction of sp³-hybridized carbons (Fsp3) is 0.370. The maximum Gasteiger partial charge on any atom is 0.229 e. The molecule has 2 fully saturated rings. The molecule has 4 heterocycles. The number of nitrogens with one attached hydrogen (secondary N) is 3. The zero-order valence-electron chi connectivity index (χ0n) is 20.7. The summed E-state index contributed by atoms with van der Waals surface area (Å²) in [5.74, 6) is 1.37. The number of imidazole rings is 1. The number of fused-ring (bicyclic) bond motifs is 1. The van der Waals surface area contributed by atoms with Crippen LogP contribution in [0.3, 0.4) is 0 Å². The van der Waals surface area contributed by atoms with Crippen LogP contribution < -0.4 is 20.9 Å². The zero-order chi connectivity index (χ0) is 24.3. The first-order chi connectivity index (χ1) is 17.7. The van der Waals surface area contributed by atoms with Crippen LogP contribution in [0.5, 0.6) is 0 Å². The molecule has 0 spiro atoms. The van der Waals surface area contributed by atoms with Gasteiger partial charge in [0.25, 0.3) is 0 Å². The number of benzene rings is 2. The van der Waals surface area contributed by atoms with E-state index in [1.165, 1.54) is 5.69 Å². The number of hydrogen-bond donors (Lipinski definition) is 3. The first-order valence-corrected chi connectivity index (χ1v) is 12.8. The Bertz CT molecular complexity index is 1290. The molecule has 2 aliphatic rings. The molecule has 1 atom stereocenters. The summed E-state index contributed by atoms with van der Waals surface area (Å²) in [4.78, 5) is 19.2. The minimum absolute atomic E-state index is 0.278. The second-order valence-corrected chi connectivity index (χ2v) is 9.66. The van der Waals surface area contributed by atoms with Crippen LogP contribution in [0.15, 0.2) is 60.8 Å². The summed E-state index contributed by atoms with van der Waals surface area (Å²) < 4.78 is 2.23. The Hall–Kier alpha value is -3.69. The second kappa shape index (κ2) is 10.1. The van der Waals surface area contributed by atoms with Crippen LogP contribution in [0.25, 0.3) is 11.2 Å². The number of para-hydroxylation sites is 1. The number of hydrogen-bond acceptors (Lipinski definition) is 8. The highest BCUT2D eigenvalue weighted by molar-refractivity contribution is 5.77. The molecule has 3 N–H and O–H groups in total. The lowest BCUT2D eigenvalue weighted by Crippen LogP contribution is -2.44. The number of aromatic nitrogens is 4.